The highest BCUT2D eigenvalue weighted by Crippen LogP contribution is 2.43. The molecule has 1 aliphatic heterocycles. The van der Waals surface area contributed by atoms with Crippen molar-refractivity contribution < 1.29 is 23.1 Å². The summed E-state index contributed by atoms with van der Waals surface area (Å²) < 4.78 is 39.4. The van der Waals surface area contributed by atoms with Crippen molar-refractivity contribution in [3.63, 3.8) is 0 Å². The van der Waals surface area contributed by atoms with Gasteiger partial charge in [-0.05, 0) is 39.0 Å². The maximum atomic E-state index is 13.1. The fourth-order valence-corrected chi connectivity index (χ4v) is 3.80. The Morgan fingerprint density at radius 1 is 1.24 bits per heavy atom. The number of alkyl halides is 3. The van der Waals surface area contributed by atoms with Crippen molar-refractivity contribution in [2.45, 2.75) is 70.2 Å². The number of rotatable bonds is 3. The third-order valence-corrected chi connectivity index (χ3v) is 4.78. The van der Waals surface area contributed by atoms with Crippen molar-refractivity contribution in [1.29, 1.82) is 0 Å². The van der Waals surface area contributed by atoms with Gasteiger partial charge in [0.05, 0.1) is 12.0 Å². The normalized spacial score (nSPS) is 32.2. The first-order valence-corrected chi connectivity index (χ1v) is 7.86. The molecule has 1 N–H and O–H groups in total. The minimum Gasteiger partial charge on any atom is -0.393 e. The predicted molar refractivity (Wildman–Crippen MR) is 72.5 cm³/mol. The number of amides is 1. The summed E-state index contributed by atoms with van der Waals surface area (Å²) in [7, 11) is 0. The molecule has 1 saturated carbocycles. The van der Waals surface area contributed by atoms with E-state index in [2.05, 4.69) is 0 Å². The molecule has 2 aliphatic rings. The van der Waals surface area contributed by atoms with Gasteiger partial charge in [-0.25, -0.2) is 0 Å². The molecule has 1 heterocycles. The van der Waals surface area contributed by atoms with Gasteiger partial charge in [0.25, 0.3) is 0 Å². The third-order valence-electron chi connectivity index (χ3n) is 4.78. The van der Waals surface area contributed by atoms with Crippen LogP contribution in [0.15, 0.2) is 0 Å². The molecule has 6 heteroatoms. The molecule has 0 radical (unpaired) electrons. The number of aliphatic hydroxyl groups excluding tert-OH is 1. The first kappa shape index (κ1) is 16.6. The van der Waals surface area contributed by atoms with E-state index in [0.717, 1.165) is 12.8 Å². The van der Waals surface area contributed by atoms with Gasteiger partial charge in [0.2, 0.25) is 5.91 Å². The highest BCUT2D eigenvalue weighted by molar-refractivity contribution is 5.80. The van der Waals surface area contributed by atoms with Crippen LogP contribution in [0.2, 0.25) is 0 Å². The molecule has 0 aromatic rings. The van der Waals surface area contributed by atoms with Gasteiger partial charge in [0.15, 0.2) is 0 Å². The van der Waals surface area contributed by atoms with E-state index in [1.807, 2.05) is 0 Å². The summed E-state index contributed by atoms with van der Waals surface area (Å²) >= 11 is 0. The third kappa shape index (κ3) is 3.90. The van der Waals surface area contributed by atoms with Crippen LogP contribution < -0.4 is 0 Å². The Bertz CT molecular complexity index is 370. The van der Waals surface area contributed by atoms with E-state index in [1.165, 1.54) is 0 Å². The van der Waals surface area contributed by atoms with Gasteiger partial charge in [-0.1, -0.05) is 12.8 Å². The van der Waals surface area contributed by atoms with Crippen LogP contribution in [0.3, 0.4) is 0 Å². The first-order chi connectivity index (χ1) is 9.80. The Kier molecular flexibility index (Phi) is 5.17. The molecule has 4 unspecified atom stereocenters. The lowest BCUT2D eigenvalue weighted by Gasteiger charge is -2.36. The maximum absolute atomic E-state index is 13.1. The van der Waals surface area contributed by atoms with E-state index in [9.17, 15) is 23.1 Å². The zero-order valence-electron chi connectivity index (χ0n) is 12.4. The highest BCUT2D eigenvalue weighted by Gasteiger charge is 2.49. The SMILES string of the molecule is CC(O)CC1CCCN1C(=O)C1CCCCC1C(F)(F)F. The molecule has 0 bridgehead atoms. The summed E-state index contributed by atoms with van der Waals surface area (Å²) in [4.78, 5) is 14.2. The molecule has 0 aromatic carbocycles. The van der Waals surface area contributed by atoms with E-state index in [4.69, 9.17) is 0 Å². The second-order valence-corrected chi connectivity index (χ2v) is 6.45. The molecule has 0 spiro atoms. The summed E-state index contributed by atoms with van der Waals surface area (Å²) in [6.45, 7) is 2.18. The van der Waals surface area contributed by atoms with Gasteiger partial charge >= 0.3 is 6.18 Å². The molecule has 3 nitrogen and oxygen atoms in total. The number of likely N-dealkylation sites (tertiary alicyclic amines) is 1. The molecule has 122 valence electrons. The van der Waals surface area contributed by atoms with Crippen molar-refractivity contribution in [2.75, 3.05) is 6.54 Å². The van der Waals surface area contributed by atoms with Crippen molar-refractivity contribution in [3.05, 3.63) is 0 Å². The molecule has 2 rings (SSSR count). The van der Waals surface area contributed by atoms with Crippen molar-refractivity contribution in [2.24, 2.45) is 11.8 Å². The zero-order chi connectivity index (χ0) is 15.6. The lowest BCUT2D eigenvalue weighted by Crippen LogP contribution is -2.46. The van der Waals surface area contributed by atoms with Gasteiger partial charge in [-0.15, -0.1) is 0 Å². The quantitative estimate of drug-likeness (QED) is 0.870. The average Bonchev–Trinajstić information content (AvgIpc) is 2.84. The molecule has 2 fully saturated rings. The Labute approximate surface area is 123 Å². The number of nitrogens with zero attached hydrogens (tertiary/aromatic N) is 1. The Hall–Kier alpha value is -0.780. The summed E-state index contributed by atoms with van der Waals surface area (Å²) in [5.74, 6) is -2.76. The number of hydrogen-bond acceptors (Lipinski definition) is 2. The maximum Gasteiger partial charge on any atom is 0.392 e. The van der Waals surface area contributed by atoms with Crippen LogP contribution in [0.1, 0.15) is 51.9 Å². The molecule has 1 aliphatic carbocycles. The van der Waals surface area contributed by atoms with E-state index in [1.54, 1.807) is 11.8 Å². The van der Waals surface area contributed by atoms with Crippen molar-refractivity contribution in [3.8, 4) is 0 Å². The summed E-state index contributed by atoms with van der Waals surface area (Å²) in [5.41, 5.74) is 0. The molecular weight excluding hydrogens is 283 g/mol. The van der Waals surface area contributed by atoms with Gasteiger partial charge < -0.3 is 10.0 Å². The van der Waals surface area contributed by atoms with Crippen LogP contribution >= 0.6 is 0 Å². The van der Waals surface area contributed by atoms with Gasteiger partial charge in [0, 0.05) is 18.5 Å². The highest BCUT2D eigenvalue weighted by atomic mass is 19.4. The second-order valence-electron chi connectivity index (χ2n) is 6.45. The van der Waals surface area contributed by atoms with Crippen molar-refractivity contribution >= 4 is 5.91 Å². The van der Waals surface area contributed by atoms with Crippen LogP contribution in [0, 0.1) is 11.8 Å². The summed E-state index contributed by atoms with van der Waals surface area (Å²) in [6, 6.07) is -0.103. The second kappa shape index (κ2) is 6.55. The van der Waals surface area contributed by atoms with Gasteiger partial charge in [-0.3, -0.25) is 4.79 Å². The lowest BCUT2D eigenvalue weighted by molar-refractivity contribution is -0.201. The standard InChI is InChI=1S/C15H24F3NO2/c1-10(20)9-11-5-4-8-19(11)14(21)12-6-2-3-7-13(12)15(16,17)18/h10-13,20H,2-9H2,1H3. The van der Waals surface area contributed by atoms with Crippen LogP contribution in [-0.4, -0.2) is 40.8 Å². The predicted octanol–water partition coefficient (Wildman–Crippen LogP) is 3.12. The average molecular weight is 307 g/mol. The Balaban J connectivity index is 2.09. The summed E-state index contributed by atoms with van der Waals surface area (Å²) in [5, 5.41) is 9.49. The lowest BCUT2D eigenvalue weighted by atomic mass is 9.78. The summed E-state index contributed by atoms with van der Waals surface area (Å²) in [6.07, 6.45) is -1.14. The van der Waals surface area contributed by atoms with Crippen LogP contribution in [0.25, 0.3) is 0 Å². The molecule has 0 aromatic heterocycles. The number of aliphatic hydroxyl groups is 1. The van der Waals surface area contributed by atoms with Gasteiger partial charge in [-0.2, -0.15) is 13.2 Å². The first-order valence-electron chi connectivity index (χ1n) is 7.86. The van der Waals surface area contributed by atoms with Crippen LogP contribution in [0.5, 0.6) is 0 Å². The zero-order valence-corrected chi connectivity index (χ0v) is 12.4. The largest absolute Gasteiger partial charge is 0.393 e. The number of carbonyl (C=O) groups excluding carboxylic acids is 1. The van der Waals surface area contributed by atoms with E-state index in [0.29, 0.717) is 32.2 Å². The molecular formula is C15H24F3NO2. The fourth-order valence-electron chi connectivity index (χ4n) is 3.80. The Morgan fingerprint density at radius 2 is 1.90 bits per heavy atom. The number of hydrogen-bond donors (Lipinski definition) is 1. The molecule has 21 heavy (non-hydrogen) atoms. The molecule has 1 saturated heterocycles. The topological polar surface area (TPSA) is 40.5 Å². The minimum absolute atomic E-state index is 0.0643. The van der Waals surface area contributed by atoms with E-state index < -0.39 is 24.1 Å². The van der Waals surface area contributed by atoms with E-state index >= 15 is 0 Å². The van der Waals surface area contributed by atoms with Gasteiger partial charge in [0.1, 0.15) is 0 Å². The monoisotopic (exact) mass is 307 g/mol. The van der Waals surface area contributed by atoms with Crippen LogP contribution in [0.4, 0.5) is 13.2 Å². The molecule has 4 atom stereocenters. The van der Waals surface area contributed by atoms with Crippen LogP contribution in [-0.2, 0) is 4.79 Å². The number of carbonyl (C=O) groups is 1. The smallest absolute Gasteiger partial charge is 0.392 e. The Morgan fingerprint density at radius 3 is 2.52 bits per heavy atom. The molecule has 1 amide bonds. The fraction of sp³-hybridized carbons (Fsp3) is 0.933. The number of halogens is 3. The van der Waals surface area contributed by atoms with Crippen molar-refractivity contribution in [1.82, 2.24) is 4.90 Å². The van der Waals surface area contributed by atoms with E-state index in [-0.39, 0.29) is 18.4 Å². The minimum atomic E-state index is -4.29.